The second-order valence-corrected chi connectivity index (χ2v) is 4.74. The van der Waals surface area contributed by atoms with Crippen LogP contribution in [0.2, 0.25) is 0 Å². The number of hydrogen-bond acceptors (Lipinski definition) is 3. The van der Waals surface area contributed by atoms with Crippen molar-refractivity contribution >= 4 is 17.9 Å². The molecule has 0 bridgehead atoms. The van der Waals surface area contributed by atoms with Gasteiger partial charge in [0.15, 0.2) is 0 Å². The van der Waals surface area contributed by atoms with Gasteiger partial charge >= 0.3 is 5.97 Å². The summed E-state index contributed by atoms with van der Waals surface area (Å²) in [7, 11) is 1.81. The Balaban J connectivity index is 2.33. The molecule has 0 heterocycles. The van der Waals surface area contributed by atoms with Crippen molar-refractivity contribution in [3.8, 4) is 11.1 Å². The Labute approximate surface area is 116 Å². The van der Waals surface area contributed by atoms with Gasteiger partial charge in [0, 0.05) is 18.3 Å². The van der Waals surface area contributed by atoms with E-state index in [-0.39, 0.29) is 5.56 Å². The van der Waals surface area contributed by atoms with Gasteiger partial charge in [-0.1, -0.05) is 18.2 Å². The number of rotatable bonds is 3. The SMILES string of the molecule is CNc1ccc2c(c1)C(C=O)c1cccc(C(=O)O)c1-2. The molecule has 1 aliphatic rings. The van der Waals surface area contributed by atoms with Gasteiger partial charge in [-0.05, 0) is 34.9 Å². The van der Waals surface area contributed by atoms with Gasteiger partial charge in [0.2, 0.25) is 0 Å². The maximum absolute atomic E-state index is 11.4. The molecule has 4 heteroatoms. The number of carbonyl (C=O) groups excluding carboxylic acids is 1. The van der Waals surface area contributed by atoms with Crippen molar-refractivity contribution < 1.29 is 14.7 Å². The van der Waals surface area contributed by atoms with Crippen LogP contribution in [0.25, 0.3) is 11.1 Å². The number of benzene rings is 2. The predicted octanol–water partition coefficient (Wildman–Crippen LogP) is 2.74. The van der Waals surface area contributed by atoms with Crippen LogP contribution in [0.4, 0.5) is 5.69 Å². The highest BCUT2D eigenvalue weighted by Gasteiger charge is 2.31. The van der Waals surface area contributed by atoms with E-state index in [1.807, 2.05) is 31.3 Å². The minimum Gasteiger partial charge on any atom is -0.478 e. The van der Waals surface area contributed by atoms with Crippen LogP contribution in [0.5, 0.6) is 0 Å². The van der Waals surface area contributed by atoms with E-state index in [0.29, 0.717) is 5.56 Å². The maximum atomic E-state index is 11.4. The van der Waals surface area contributed by atoms with Crippen LogP contribution >= 0.6 is 0 Å². The first-order valence-electron chi connectivity index (χ1n) is 6.31. The molecule has 2 N–H and O–H groups in total. The highest BCUT2D eigenvalue weighted by molar-refractivity contribution is 6.01. The second kappa shape index (κ2) is 4.49. The lowest BCUT2D eigenvalue weighted by atomic mass is 9.97. The van der Waals surface area contributed by atoms with Gasteiger partial charge in [-0.25, -0.2) is 4.79 Å². The molecule has 3 rings (SSSR count). The quantitative estimate of drug-likeness (QED) is 0.839. The average Bonchev–Trinajstić information content (AvgIpc) is 2.79. The summed E-state index contributed by atoms with van der Waals surface area (Å²) in [6, 6.07) is 10.7. The van der Waals surface area contributed by atoms with E-state index in [0.717, 1.165) is 28.7 Å². The summed E-state index contributed by atoms with van der Waals surface area (Å²) in [4.78, 5) is 22.8. The number of anilines is 1. The van der Waals surface area contributed by atoms with Gasteiger partial charge in [0.1, 0.15) is 6.29 Å². The number of carbonyl (C=O) groups is 2. The largest absolute Gasteiger partial charge is 0.478 e. The molecule has 100 valence electrons. The van der Waals surface area contributed by atoms with Gasteiger partial charge in [0.25, 0.3) is 0 Å². The van der Waals surface area contributed by atoms with Crippen molar-refractivity contribution in [3.63, 3.8) is 0 Å². The van der Waals surface area contributed by atoms with Crippen molar-refractivity contribution in [2.24, 2.45) is 0 Å². The highest BCUT2D eigenvalue weighted by Crippen LogP contribution is 2.46. The lowest BCUT2D eigenvalue weighted by Crippen LogP contribution is -2.01. The molecule has 2 aromatic rings. The van der Waals surface area contributed by atoms with E-state index < -0.39 is 11.9 Å². The van der Waals surface area contributed by atoms with E-state index in [4.69, 9.17) is 0 Å². The summed E-state index contributed by atoms with van der Waals surface area (Å²) in [6.45, 7) is 0. The third-order valence-electron chi connectivity index (χ3n) is 3.74. The third kappa shape index (κ3) is 1.61. The molecule has 0 aromatic heterocycles. The zero-order valence-electron chi connectivity index (χ0n) is 10.9. The smallest absolute Gasteiger partial charge is 0.336 e. The normalized spacial score (nSPS) is 15.3. The Morgan fingerprint density at radius 3 is 2.70 bits per heavy atom. The van der Waals surface area contributed by atoms with Crippen molar-refractivity contribution in [1.29, 1.82) is 0 Å². The van der Waals surface area contributed by atoms with Crippen molar-refractivity contribution in [2.75, 3.05) is 12.4 Å². The number of carboxylic acids is 1. The summed E-state index contributed by atoms with van der Waals surface area (Å²) in [5, 5.41) is 12.4. The molecule has 0 saturated carbocycles. The van der Waals surface area contributed by atoms with Gasteiger partial charge < -0.3 is 15.2 Å². The molecule has 1 unspecified atom stereocenters. The van der Waals surface area contributed by atoms with Crippen LogP contribution in [0, 0.1) is 0 Å². The molecule has 0 aliphatic heterocycles. The van der Waals surface area contributed by atoms with Gasteiger partial charge in [-0.2, -0.15) is 0 Å². The van der Waals surface area contributed by atoms with E-state index in [9.17, 15) is 14.7 Å². The van der Waals surface area contributed by atoms with Crippen LogP contribution in [0.1, 0.15) is 27.4 Å². The summed E-state index contributed by atoms with van der Waals surface area (Å²) in [5.41, 5.74) is 4.26. The Bertz CT molecular complexity index is 722. The van der Waals surface area contributed by atoms with E-state index in [1.165, 1.54) is 0 Å². The predicted molar refractivity (Wildman–Crippen MR) is 76.3 cm³/mol. The van der Waals surface area contributed by atoms with Crippen LogP contribution in [0.3, 0.4) is 0 Å². The third-order valence-corrected chi connectivity index (χ3v) is 3.74. The van der Waals surface area contributed by atoms with Crippen LogP contribution < -0.4 is 5.32 Å². The minimum absolute atomic E-state index is 0.241. The lowest BCUT2D eigenvalue weighted by Gasteiger charge is -2.07. The fourth-order valence-electron chi connectivity index (χ4n) is 2.83. The molecule has 2 aromatic carbocycles. The number of carboxylic acid groups (broad SMARTS) is 1. The maximum Gasteiger partial charge on any atom is 0.336 e. The van der Waals surface area contributed by atoms with Crippen LogP contribution in [-0.4, -0.2) is 24.4 Å². The zero-order chi connectivity index (χ0) is 14.3. The van der Waals surface area contributed by atoms with Crippen LogP contribution in [-0.2, 0) is 4.79 Å². The molecule has 0 spiro atoms. The molecule has 0 amide bonds. The molecule has 0 radical (unpaired) electrons. The van der Waals surface area contributed by atoms with Crippen molar-refractivity contribution in [2.45, 2.75) is 5.92 Å². The van der Waals surface area contributed by atoms with Crippen molar-refractivity contribution in [3.05, 3.63) is 53.1 Å². The van der Waals surface area contributed by atoms with Gasteiger partial charge in [-0.3, -0.25) is 0 Å². The average molecular weight is 267 g/mol. The minimum atomic E-state index is -0.975. The standard InChI is InChI=1S/C16H13NO3/c1-17-9-5-6-11-13(7-9)14(8-18)10-3-2-4-12(15(10)11)16(19)20/h2-8,14,17H,1H3,(H,19,20). The number of nitrogens with one attached hydrogen (secondary N) is 1. The fourth-order valence-corrected chi connectivity index (χ4v) is 2.83. The molecule has 1 aliphatic carbocycles. The number of fused-ring (bicyclic) bond motifs is 3. The Morgan fingerprint density at radius 2 is 2.05 bits per heavy atom. The van der Waals surface area contributed by atoms with E-state index in [2.05, 4.69) is 5.32 Å². The van der Waals surface area contributed by atoms with Crippen LogP contribution in [0.15, 0.2) is 36.4 Å². The monoisotopic (exact) mass is 267 g/mol. The Hall–Kier alpha value is -2.62. The highest BCUT2D eigenvalue weighted by atomic mass is 16.4. The summed E-state index contributed by atoms with van der Waals surface area (Å²) < 4.78 is 0. The molecule has 0 saturated heterocycles. The number of hydrogen-bond donors (Lipinski definition) is 2. The fraction of sp³-hybridized carbons (Fsp3) is 0.125. The first kappa shape index (κ1) is 12.4. The molecule has 20 heavy (non-hydrogen) atoms. The zero-order valence-corrected chi connectivity index (χ0v) is 10.9. The Morgan fingerprint density at radius 1 is 1.25 bits per heavy atom. The van der Waals surface area contributed by atoms with E-state index in [1.54, 1.807) is 12.1 Å². The first-order chi connectivity index (χ1) is 9.67. The second-order valence-electron chi connectivity index (χ2n) is 4.74. The van der Waals surface area contributed by atoms with E-state index >= 15 is 0 Å². The molecule has 0 fully saturated rings. The molecule has 4 nitrogen and oxygen atoms in total. The number of aromatic carboxylic acids is 1. The first-order valence-corrected chi connectivity index (χ1v) is 6.31. The lowest BCUT2D eigenvalue weighted by molar-refractivity contribution is -0.108. The number of aldehydes is 1. The Kier molecular flexibility index (Phi) is 2.79. The summed E-state index contributed by atoms with van der Waals surface area (Å²) >= 11 is 0. The summed E-state index contributed by atoms with van der Waals surface area (Å²) in [6.07, 6.45) is 0.871. The molecule has 1 atom stereocenters. The molecular formula is C16H13NO3. The van der Waals surface area contributed by atoms with Gasteiger partial charge in [0.05, 0.1) is 11.5 Å². The topological polar surface area (TPSA) is 66.4 Å². The molecular weight excluding hydrogens is 254 g/mol. The summed E-state index contributed by atoms with van der Waals surface area (Å²) in [5.74, 6) is -1.37. The van der Waals surface area contributed by atoms with Gasteiger partial charge in [-0.15, -0.1) is 0 Å². The van der Waals surface area contributed by atoms with Crippen molar-refractivity contribution in [1.82, 2.24) is 0 Å².